The van der Waals surface area contributed by atoms with Crippen LogP contribution in [0.4, 0.5) is 0 Å². The number of aliphatic hydroxyl groups is 1. The van der Waals surface area contributed by atoms with Crippen molar-refractivity contribution in [3.63, 3.8) is 0 Å². The summed E-state index contributed by atoms with van der Waals surface area (Å²) >= 11 is 0. The summed E-state index contributed by atoms with van der Waals surface area (Å²) in [5, 5.41) is 20.2. The Balaban J connectivity index is 2.37. The number of aliphatic hydroxyl groups excluding tert-OH is 1. The minimum absolute atomic E-state index is 0.0831. The van der Waals surface area contributed by atoms with E-state index < -0.39 is 27.8 Å². The highest BCUT2D eigenvalue weighted by atomic mass is 32.2. The van der Waals surface area contributed by atoms with Crippen LogP contribution in [0.3, 0.4) is 0 Å². The number of Topliss-reactive ketones (excluding diaryl/α,β-unsaturated/α-hetero) is 1. The first-order valence-corrected chi connectivity index (χ1v) is 8.51. The third kappa shape index (κ3) is 3.88. The summed E-state index contributed by atoms with van der Waals surface area (Å²) in [5.41, 5.74) is 0.638. The standard InChI is InChI=1S/C16H16O6S/c1-10-12(8-9-13(14(10)17)22-23(2,20)21)16(19)15(18)11-6-4-3-5-7-11/h3-9,15,17-18H,1-2H3. The van der Waals surface area contributed by atoms with Gasteiger partial charge in [-0.1, -0.05) is 30.3 Å². The largest absolute Gasteiger partial charge is 0.504 e. The number of carbonyl (C=O) groups excluding carboxylic acids is 1. The van der Waals surface area contributed by atoms with E-state index >= 15 is 0 Å². The zero-order valence-corrected chi connectivity index (χ0v) is 13.4. The monoisotopic (exact) mass is 336 g/mol. The Labute approximate surface area is 134 Å². The van der Waals surface area contributed by atoms with Gasteiger partial charge in [-0.25, -0.2) is 0 Å². The van der Waals surface area contributed by atoms with Crippen LogP contribution in [0.15, 0.2) is 42.5 Å². The van der Waals surface area contributed by atoms with Crippen LogP contribution >= 0.6 is 0 Å². The van der Waals surface area contributed by atoms with Gasteiger partial charge in [-0.3, -0.25) is 4.79 Å². The molecule has 0 radical (unpaired) electrons. The lowest BCUT2D eigenvalue weighted by atomic mass is 9.96. The third-order valence-electron chi connectivity index (χ3n) is 3.26. The first kappa shape index (κ1) is 17.0. The highest BCUT2D eigenvalue weighted by Crippen LogP contribution is 2.34. The van der Waals surface area contributed by atoms with Gasteiger partial charge in [0.05, 0.1) is 6.26 Å². The van der Waals surface area contributed by atoms with Crippen molar-refractivity contribution in [3.05, 3.63) is 59.2 Å². The molecule has 1 unspecified atom stereocenters. The maximum absolute atomic E-state index is 12.4. The Bertz CT molecular complexity index is 827. The van der Waals surface area contributed by atoms with Gasteiger partial charge in [0, 0.05) is 11.1 Å². The van der Waals surface area contributed by atoms with Gasteiger partial charge in [-0.15, -0.1) is 0 Å². The molecule has 2 N–H and O–H groups in total. The molecule has 0 aromatic heterocycles. The molecule has 0 aliphatic rings. The summed E-state index contributed by atoms with van der Waals surface area (Å²) in [6.45, 7) is 1.44. The molecule has 0 fully saturated rings. The summed E-state index contributed by atoms with van der Waals surface area (Å²) in [6, 6.07) is 10.9. The van der Waals surface area contributed by atoms with Crippen molar-refractivity contribution in [2.45, 2.75) is 13.0 Å². The molecule has 122 valence electrons. The lowest BCUT2D eigenvalue weighted by molar-refractivity contribution is 0.0746. The van der Waals surface area contributed by atoms with Crippen LogP contribution in [0.5, 0.6) is 11.5 Å². The molecular formula is C16H16O6S. The molecule has 0 saturated heterocycles. The van der Waals surface area contributed by atoms with Crippen molar-refractivity contribution >= 4 is 15.9 Å². The van der Waals surface area contributed by atoms with E-state index in [-0.39, 0.29) is 16.9 Å². The second-order valence-electron chi connectivity index (χ2n) is 5.05. The van der Waals surface area contributed by atoms with Gasteiger partial charge in [0.25, 0.3) is 0 Å². The fourth-order valence-electron chi connectivity index (χ4n) is 2.11. The maximum Gasteiger partial charge on any atom is 0.306 e. The van der Waals surface area contributed by atoms with Gasteiger partial charge < -0.3 is 14.4 Å². The van der Waals surface area contributed by atoms with Crippen LogP contribution in [0.1, 0.15) is 27.6 Å². The van der Waals surface area contributed by atoms with Gasteiger partial charge in [0.1, 0.15) is 6.10 Å². The molecule has 1 atom stereocenters. The van der Waals surface area contributed by atoms with Crippen molar-refractivity contribution in [1.29, 1.82) is 0 Å². The number of ketones is 1. The SMILES string of the molecule is Cc1c(C(=O)C(O)c2ccccc2)ccc(OS(C)(=O)=O)c1O. The number of rotatable bonds is 5. The highest BCUT2D eigenvalue weighted by molar-refractivity contribution is 7.86. The Morgan fingerprint density at radius 2 is 1.74 bits per heavy atom. The number of aromatic hydroxyl groups is 1. The fraction of sp³-hybridized carbons (Fsp3) is 0.188. The molecule has 2 rings (SSSR count). The average molecular weight is 336 g/mol. The second-order valence-corrected chi connectivity index (χ2v) is 6.62. The normalized spacial score (nSPS) is 12.7. The first-order chi connectivity index (χ1) is 10.7. The molecule has 0 amide bonds. The quantitative estimate of drug-likeness (QED) is 0.639. The summed E-state index contributed by atoms with van der Waals surface area (Å²) in [6.07, 6.45) is -0.532. The van der Waals surface area contributed by atoms with Gasteiger partial charge >= 0.3 is 10.1 Å². The minimum Gasteiger partial charge on any atom is -0.504 e. The summed E-state index contributed by atoms with van der Waals surface area (Å²) in [4.78, 5) is 12.4. The van der Waals surface area contributed by atoms with Crippen LogP contribution in [0, 0.1) is 6.92 Å². The fourth-order valence-corrected chi connectivity index (χ4v) is 2.57. The molecule has 6 nitrogen and oxygen atoms in total. The van der Waals surface area contributed by atoms with E-state index in [1.807, 2.05) is 0 Å². The van der Waals surface area contributed by atoms with Gasteiger partial charge in [0.2, 0.25) is 0 Å². The maximum atomic E-state index is 12.4. The van der Waals surface area contributed by atoms with E-state index in [1.54, 1.807) is 30.3 Å². The minimum atomic E-state index is -3.80. The lowest BCUT2D eigenvalue weighted by Crippen LogP contribution is -2.14. The van der Waals surface area contributed by atoms with Crippen molar-refractivity contribution in [2.24, 2.45) is 0 Å². The Morgan fingerprint density at radius 3 is 2.30 bits per heavy atom. The van der Waals surface area contributed by atoms with E-state index in [0.29, 0.717) is 5.56 Å². The molecule has 7 heteroatoms. The van der Waals surface area contributed by atoms with Crippen LogP contribution in [-0.2, 0) is 10.1 Å². The number of benzene rings is 2. The topological polar surface area (TPSA) is 101 Å². The van der Waals surface area contributed by atoms with Crippen LogP contribution in [0.25, 0.3) is 0 Å². The molecule has 23 heavy (non-hydrogen) atoms. The molecule has 0 aliphatic carbocycles. The number of hydrogen-bond donors (Lipinski definition) is 2. The van der Waals surface area contributed by atoms with E-state index in [2.05, 4.69) is 4.18 Å². The predicted octanol–water partition coefficient (Wildman–Crippen LogP) is 1.96. The zero-order chi connectivity index (χ0) is 17.2. The number of carbonyl (C=O) groups is 1. The Kier molecular flexibility index (Phi) is 4.72. The molecule has 0 aliphatic heterocycles. The van der Waals surface area contributed by atoms with Crippen molar-refractivity contribution in [2.75, 3.05) is 6.26 Å². The third-order valence-corrected chi connectivity index (χ3v) is 3.75. The van der Waals surface area contributed by atoms with Gasteiger partial charge in [0.15, 0.2) is 17.3 Å². The summed E-state index contributed by atoms with van der Waals surface area (Å²) in [5.74, 6) is -1.33. The molecular weight excluding hydrogens is 320 g/mol. The number of hydrogen-bond acceptors (Lipinski definition) is 6. The van der Waals surface area contributed by atoms with E-state index in [0.717, 1.165) is 6.26 Å². The smallest absolute Gasteiger partial charge is 0.306 e. The van der Waals surface area contributed by atoms with Crippen molar-refractivity contribution < 1.29 is 27.6 Å². The van der Waals surface area contributed by atoms with Crippen molar-refractivity contribution in [3.8, 4) is 11.5 Å². The first-order valence-electron chi connectivity index (χ1n) is 6.70. The van der Waals surface area contributed by atoms with Crippen LogP contribution in [0.2, 0.25) is 0 Å². The van der Waals surface area contributed by atoms with Crippen molar-refractivity contribution in [1.82, 2.24) is 0 Å². The summed E-state index contributed by atoms with van der Waals surface area (Å²) < 4.78 is 26.9. The lowest BCUT2D eigenvalue weighted by Gasteiger charge is -2.14. The molecule has 0 saturated carbocycles. The molecule has 0 spiro atoms. The molecule has 0 heterocycles. The van der Waals surface area contributed by atoms with Gasteiger partial charge in [-0.2, -0.15) is 8.42 Å². The average Bonchev–Trinajstić information content (AvgIpc) is 2.50. The van der Waals surface area contributed by atoms with Crippen LogP contribution < -0.4 is 4.18 Å². The molecule has 2 aromatic carbocycles. The predicted molar refractivity (Wildman–Crippen MR) is 84.0 cm³/mol. The van der Waals surface area contributed by atoms with E-state index in [9.17, 15) is 23.4 Å². The Morgan fingerprint density at radius 1 is 1.13 bits per heavy atom. The van der Waals surface area contributed by atoms with Gasteiger partial charge in [-0.05, 0) is 24.6 Å². The summed E-state index contributed by atoms with van der Waals surface area (Å²) in [7, 11) is -3.80. The molecule has 0 bridgehead atoms. The highest BCUT2D eigenvalue weighted by Gasteiger charge is 2.23. The number of phenols is 1. The molecule has 2 aromatic rings. The van der Waals surface area contributed by atoms with Crippen LogP contribution in [-0.4, -0.2) is 30.7 Å². The zero-order valence-electron chi connectivity index (χ0n) is 12.6. The van der Waals surface area contributed by atoms with E-state index in [1.165, 1.54) is 19.1 Å². The second kappa shape index (κ2) is 6.39. The number of phenolic OH excluding ortho intramolecular Hbond substituents is 1. The Hall–Kier alpha value is -2.38. The van der Waals surface area contributed by atoms with E-state index in [4.69, 9.17) is 0 Å².